The smallest absolute Gasteiger partial charge is 0.339 e. The third-order valence-corrected chi connectivity index (χ3v) is 3.63. The molecule has 0 spiro atoms. The topological polar surface area (TPSA) is 43.4 Å². The minimum Gasteiger partial charge on any atom is -0.445 e. The van der Waals surface area contributed by atoms with Crippen LogP contribution in [0.4, 0.5) is 0 Å². The van der Waals surface area contributed by atoms with E-state index < -0.39 is 12.1 Å². The molecule has 1 unspecified atom stereocenters. The average Bonchev–Trinajstić information content (AvgIpc) is 2.67. The summed E-state index contributed by atoms with van der Waals surface area (Å²) in [5.74, 6) is -0.764. The van der Waals surface area contributed by atoms with Crippen molar-refractivity contribution in [1.29, 1.82) is 0 Å². The molecule has 0 aliphatic rings. The molecule has 0 aliphatic carbocycles. The van der Waals surface area contributed by atoms with E-state index in [1.54, 1.807) is 60.7 Å². The number of benzene rings is 3. The molecule has 3 aromatic rings. The molecular weight excluding hydrogens is 300 g/mol. The molecule has 0 aliphatic heterocycles. The summed E-state index contributed by atoms with van der Waals surface area (Å²) in [6, 6.07) is 26.6. The molecule has 118 valence electrons. The van der Waals surface area contributed by atoms with Gasteiger partial charge in [0.05, 0.1) is 5.56 Å². The summed E-state index contributed by atoms with van der Waals surface area (Å²) in [4.78, 5) is 25.2. The first kappa shape index (κ1) is 15.7. The summed E-state index contributed by atoms with van der Waals surface area (Å²) < 4.78 is 5.55. The van der Waals surface area contributed by atoms with E-state index >= 15 is 0 Å². The molecule has 0 aromatic heterocycles. The standard InChI is InChI=1S/C21H16O3/c22-19(16-10-4-1-5-11-16)20(17-12-6-2-7-13-17)24-21(23)18-14-8-3-9-15-18/h1-15,20H. The summed E-state index contributed by atoms with van der Waals surface area (Å²) in [7, 11) is 0. The van der Waals surface area contributed by atoms with E-state index in [9.17, 15) is 9.59 Å². The van der Waals surface area contributed by atoms with Gasteiger partial charge in [0.2, 0.25) is 5.78 Å². The van der Waals surface area contributed by atoms with E-state index in [1.165, 1.54) is 0 Å². The normalized spacial score (nSPS) is 11.5. The van der Waals surface area contributed by atoms with Crippen molar-refractivity contribution in [2.24, 2.45) is 0 Å². The van der Waals surface area contributed by atoms with Gasteiger partial charge >= 0.3 is 5.97 Å². The second-order valence-electron chi connectivity index (χ2n) is 5.29. The molecule has 24 heavy (non-hydrogen) atoms. The summed E-state index contributed by atoms with van der Waals surface area (Å²) in [6.07, 6.45) is -0.971. The SMILES string of the molecule is O=C(OC(C(=O)c1ccccc1)c1ccccc1)c1ccccc1. The summed E-state index contributed by atoms with van der Waals surface area (Å²) in [5, 5.41) is 0. The van der Waals surface area contributed by atoms with Crippen LogP contribution in [0.3, 0.4) is 0 Å². The number of carbonyl (C=O) groups excluding carboxylic acids is 2. The fraction of sp³-hybridized carbons (Fsp3) is 0.0476. The molecule has 0 heterocycles. The molecule has 0 radical (unpaired) electrons. The fourth-order valence-electron chi connectivity index (χ4n) is 2.40. The van der Waals surface area contributed by atoms with E-state index in [-0.39, 0.29) is 5.78 Å². The summed E-state index contributed by atoms with van der Waals surface area (Å²) in [6.45, 7) is 0. The van der Waals surface area contributed by atoms with Crippen LogP contribution in [0.1, 0.15) is 32.4 Å². The maximum atomic E-state index is 12.8. The van der Waals surface area contributed by atoms with E-state index in [0.717, 1.165) is 0 Å². The lowest BCUT2D eigenvalue weighted by molar-refractivity contribution is 0.0280. The molecule has 0 N–H and O–H groups in total. The second kappa shape index (κ2) is 7.38. The van der Waals surface area contributed by atoms with Crippen LogP contribution in [-0.4, -0.2) is 11.8 Å². The number of ketones is 1. The van der Waals surface area contributed by atoms with Crippen LogP contribution in [0.25, 0.3) is 0 Å². The Morgan fingerprint density at radius 1 is 0.625 bits per heavy atom. The minimum absolute atomic E-state index is 0.244. The van der Waals surface area contributed by atoms with Gasteiger partial charge in [-0.1, -0.05) is 78.9 Å². The second-order valence-corrected chi connectivity index (χ2v) is 5.29. The first-order chi connectivity index (χ1) is 11.8. The minimum atomic E-state index is -0.971. The highest BCUT2D eigenvalue weighted by Gasteiger charge is 2.26. The molecule has 3 aromatic carbocycles. The van der Waals surface area contributed by atoms with Gasteiger partial charge in [-0.3, -0.25) is 4.79 Å². The molecule has 1 atom stereocenters. The number of esters is 1. The van der Waals surface area contributed by atoms with E-state index in [4.69, 9.17) is 4.74 Å². The number of rotatable bonds is 5. The largest absolute Gasteiger partial charge is 0.445 e. The van der Waals surface area contributed by atoms with Gasteiger partial charge in [-0.15, -0.1) is 0 Å². The Morgan fingerprint density at radius 3 is 1.62 bits per heavy atom. The fourth-order valence-corrected chi connectivity index (χ4v) is 2.40. The van der Waals surface area contributed by atoms with E-state index in [1.807, 2.05) is 30.3 Å². The Kier molecular flexibility index (Phi) is 4.82. The van der Waals surface area contributed by atoms with Crippen LogP contribution >= 0.6 is 0 Å². The predicted octanol–water partition coefficient (Wildman–Crippen LogP) is 4.47. The molecule has 0 amide bonds. The highest BCUT2D eigenvalue weighted by atomic mass is 16.5. The number of carbonyl (C=O) groups is 2. The van der Waals surface area contributed by atoms with Crippen LogP contribution in [0.15, 0.2) is 91.0 Å². The zero-order chi connectivity index (χ0) is 16.8. The maximum Gasteiger partial charge on any atom is 0.339 e. The summed E-state index contributed by atoms with van der Waals surface area (Å²) >= 11 is 0. The van der Waals surface area contributed by atoms with E-state index in [0.29, 0.717) is 16.7 Å². The highest BCUT2D eigenvalue weighted by molar-refractivity contribution is 6.02. The Labute approximate surface area is 140 Å². The average molecular weight is 316 g/mol. The maximum absolute atomic E-state index is 12.8. The van der Waals surface area contributed by atoms with Crippen molar-refractivity contribution in [2.45, 2.75) is 6.10 Å². The first-order valence-electron chi connectivity index (χ1n) is 7.66. The van der Waals surface area contributed by atoms with Crippen molar-refractivity contribution < 1.29 is 14.3 Å². The van der Waals surface area contributed by atoms with E-state index in [2.05, 4.69) is 0 Å². The molecular formula is C21H16O3. The quantitative estimate of drug-likeness (QED) is 0.515. The van der Waals surface area contributed by atoms with Crippen LogP contribution in [0, 0.1) is 0 Å². The lowest BCUT2D eigenvalue weighted by atomic mass is 10.00. The van der Waals surface area contributed by atoms with Crippen LogP contribution in [0.5, 0.6) is 0 Å². The van der Waals surface area contributed by atoms with Gasteiger partial charge in [-0.25, -0.2) is 4.79 Å². The molecule has 0 bridgehead atoms. The Morgan fingerprint density at radius 2 is 1.08 bits per heavy atom. The first-order valence-corrected chi connectivity index (χ1v) is 7.66. The van der Waals surface area contributed by atoms with Gasteiger partial charge in [0.15, 0.2) is 6.10 Å². The van der Waals surface area contributed by atoms with Gasteiger partial charge in [-0.05, 0) is 12.1 Å². The van der Waals surface area contributed by atoms with Crippen LogP contribution < -0.4 is 0 Å². The van der Waals surface area contributed by atoms with Gasteiger partial charge in [0.25, 0.3) is 0 Å². The molecule has 0 saturated carbocycles. The van der Waals surface area contributed by atoms with Crippen LogP contribution in [-0.2, 0) is 4.74 Å². The number of Topliss-reactive ketones (excluding diaryl/α,β-unsaturated/α-hetero) is 1. The Hall–Kier alpha value is -3.20. The van der Waals surface area contributed by atoms with Crippen molar-refractivity contribution in [2.75, 3.05) is 0 Å². The zero-order valence-electron chi connectivity index (χ0n) is 13.0. The third kappa shape index (κ3) is 3.58. The van der Waals surface area contributed by atoms with Crippen molar-refractivity contribution in [3.63, 3.8) is 0 Å². The molecule has 3 rings (SSSR count). The van der Waals surface area contributed by atoms with Gasteiger partial charge < -0.3 is 4.74 Å². The highest BCUT2D eigenvalue weighted by Crippen LogP contribution is 2.24. The summed E-state index contributed by atoms with van der Waals surface area (Å²) in [5.41, 5.74) is 1.57. The monoisotopic (exact) mass is 316 g/mol. The molecule has 3 nitrogen and oxygen atoms in total. The van der Waals surface area contributed by atoms with Gasteiger partial charge in [0.1, 0.15) is 0 Å². The number of hydrogen-bond donors (Lipinski definition) is 0. The molecule has 0 fully saturated rings. The number of hydrogen-bond acceptors (Lipinski definition) is 3. The Bertz CT molecular complexity index is 811. The lowest BCUT2D eigenvalue weighted by Gasteiger charge is -2.17. The van der Waals surface area contributed by atoms with Gasteiger partial charge in [0, 0.05) is 11.1 Å². The van der Waals surface area contributed by atoms with Crippen molar-refractivity contribution in [3.8, 4) is 0 Å². The molecule has 3 heteroatoms. The van der Waals surface area contributed by atoms with Crippen molar-refractivity contribution in [3.05, 3.63) is 108 Å². The van der Waals surface area contributed by atoms with Crippen molar-refractivity contribution in [1.82, 2.24) is 0 Å². The zero-order valence-corrected chi connectivity index (χ0v) is 13.0. The van der Waals surface area contributed by atoms with Crippen LogP contribution in [0.2, 0.25) is 0 Å². The predicted molar refractivity (Wildman–Crippen MR) is 91.8 cm³/mol. The molecule has 0 saturated heterocycles. The van der Waals surface area contributed by atoms with Crippen molar-refractivity contribution >= 4 is 11.8 Å². The lowest BCUT2D eigenvalue weighted by Crippen LogP contribution is -2.20. The van der Waals surface area contributed by atoms with Gasteiger partial charge in [-0.2, -0.15) is 0 Å². The number of ether oxygens (including phenoxy) is 1. The Balaban J connectivity index is 1.91. The third-order valence-electron chi connectivity index (χ3n) is 3.63.